The van der Waals surface area contributed by atoms with Crippen LogP contribution in [-0.4, -0.2) is 21.5 Å². The van der Waals surface area contributed by atoms with Crippen LogP contribution in [0.25, 0.3) is 0 Å². The minimum atomic E-state index is 0.132. The first-order valence-electron chi connectivity index (χ1n) is 6.32. The molecule has 1 aliphatic heterocycles. The van der Waals surface area contributed by atoms with Gasteiger partial charge in [-0.2, -0.15) is 0 Å². The summed E-state index contributed by atoms with van der Waals surface area (Å²) in [6.45, 7) is 3.03. The zero-order valence-corrected chi connectivity index (χ0v) is 12.2. The molecule has 0 unspecified atom stereocenters. The zero-order chi connectivity index (χ0) is 13.2. The molecule has 0 amide bonds. The Morgan fingerprint density at radius 2 is 2.26 bits per heavy atom. The van der Waals surface area contributed by atoms with E-state index in [1.54, 1.807) is 11.3 Å². The highest BCUT2D eigenvalue weighted by molar-refractivity contribution is 7.80. The fraction of sp³-hybridized carbons (Fsp3) is 0.286. The van der Waals surface area contributed by atoms with Crippen LogP contribution >= 0.6 is 23.6 Å². The fourth-order valence-corrected chi connectivity index (χ4v) is 3.76. The third-order valence-electron chi connectivity index (χ3n) is 3.37. The second-order valence-corrected chi connectivity index (χ2v) is 5.79. The van der Waals surface area contributed by atoms with Crippen LogP contribution in [-0.2, 0) is 0 Å². The molecule has 0 saturated carbocycles. The van der Waals surface area contributed by atoms with E-state index in [-0.39, 0.29) is 12.1 Å². The summed E-state index contributed by atoms with van der Waals surface area (Å²) in [4.78, 5) is 8.04. The van der Waals surface area contributed by atoms with Gasteiger partial charge < -0.3 is 10.2 Å². The molecule has 1 aliphatic rings. The van der Waals surface area contributed by atoms with Crippen LogP contribution in [0.5, 0.6) is 0 Å². The number of thiocarbonyl (C=S) groups is 1. The van der Waals surface area contributed by atoms with Gasteiger partial charge in [-0.25, -0.2) is 0 Å². The molecule has 0 aromatic carbocycles. The minimum absolute atomic E-state index is 0.132. The van der Waals surface area contributed by atoms with Crippen LogP contribution < -0.4 is 5.32 Å². The van der Waals surface area contributed by atoms with Crippen LogP contribution in [0.4, 0.5) is 0 Å². The van der Waals surface area contributed by atoms with E-state index in [2.05, 4.69) is 45.7 Å². The summed E-state index contributed by atoms with van der Waals surface area (Å²) in [5.74, 6) is 0. The molecule has 1 fully saturated rings. The monoisotopic (exact) mass is 289 g/mol. The molecule has 2 aromatic rings. The molecule has 3 rings (SSSR count). The smallest absolute Gasteiger partial charge is 0.170 e. The van der Waals surface area contributed by atoms with E-state index in [1.807, 2.05) is 18.3 Å². The maximum atomic E-state index is 5.46. The average Bonchev–Trinajstić information content (AvgIpc) is 3.06. The number of pyridine rings is 1. The molecule has 0 aliphatic carbocycles. The number of nitrogens with one attached hydrogen (secondary N) is 1. The van der Waals surface area contributed by atoms with Crippen LogP contribution in [0.1, 0.15) is 29.6 Å². The van der Waals surface area contributed by atoms with Gasteiger partial charge in [0.05, 0.1) is 17.8 Å². The quantitative estimate of drug-likeness (QED) is 0.879. The molecular formula is C14H15N3S2. The SMILES string of the molecule is CCN1C(=S)N[C@@H](c2ccccn2)[C@@H]1c1cccs1. The van der Waals surface area contributed by atoms with Gasteiger partial charge in [-0.1, -0.05) is 12.1 Å². The van der Waals surface area contributed by atoms with Crippen molar-refractivity contribution in [1.82, 2.24) is 15.2 Å². The summed E-state index contributed by atoms with van der Waals surface area (Å²) < 4.78 is 0. The van der Waals surface area contributed by atoms with Crippen molar-refractivity contribution in [3.8, 4) is 0 Å². The van der Waals surface area contributed by atoms with Crippen LogP contribution in [0.2, 0.25) is 0 Å². The second-order valence-electron chi connectivity index (χ2n) is 4.43. The van der Waals surface area contributed by atoms with E-state index in [0.29, 0.717) is 0 Å². The summed E-state index contributed by atoms with van der Waals surface area (Å²) >= 11 is 7.23. The summed E-state index contributed by atoms with van der Waals surface area (Å²) in [6.07, 6.45) is 1.83. The molecular weight excluding hydrogens is 274 g/mol. The van der Waals surface area contributed by atoms with E-state index in [0.717, 1.165) is 17.4 Å². The second kappa shape index (κ2) is 5.27. The molecule has 3 nitrogen and oxygen atoms in total. The molecule has 0 spiro atoms. The Labute approximate surface area is 122 Å². The van der Waals surface area contributed by atoms with Gasteiger partial charge in [-0.05, 0) is 42.7 Å². The lowest BCUT2D eigenvalue weighted by molar-refractivity contribution is 0.335. The van der Waals surface area contributed by atoms with Gasteiger partial charge in [-0.15, -0.1) is 11.3 Å². The van der Waals surface area contributed by atoms with Crippen molar-refractivity contribution in [2.24, 2.45) is 0 Å². The van der Waals surface area contributed by atoms with Crippen molar-refractivity contribution in [1.29, 1.82) is 0 Å². The van der Waals surface area contributed by atoms with Crippen molar-refractivity contribution in [3.63, 3.8) is 0 Å². The molecule has 1 N–H and O–H groups in total. The predicted molar refractivity (Wildman–Crippen MR) is 82.2 cm³/mol. The fourth-order valence-electron chi connectivity index (χ4n) is 2.51. The molecule has 2 atom stereocenters. The third-order valence-corrected chi connectivity index (χ3v) is 4.67. The maximum absolute atomic E-state index is 5.46. The molecule has 5 heteroatoms. The Morgan fingerprint density at radius 3 is 2.89 bits per heavy atom. The van der Waals surface area contributed by atoms with Crippen molar-refractivity contribution in [2.45, 2.75) is 19.0 Å². The molecule has 0 radical (unpaired) electrons. The summed E-state index contributed by atoms with van der Waals surface area (Å²) in [6, 6.07) is 10.6. The van der Waals surface area contributed by atoms with Crippen LogP contribution in [0.15, 0.2) is 41.9 Å². The van der Waals surface area contributed by atoms with Crippen molar-refractivity contribution in [2.75, 3.05) is 6.54 Å². The topological polar surface area (TPSA) is 28.2 Å². The van der Waals surface area contributed by atoms with Gasteiger partial charge in [0.2, 0.25) is 0 Å². The predicted octanol–water partition coefficient (Wildman–Crippen LogP) is 3.14. The van der Waals surface area contributed by atoms with Gasteiger partial charge >= 0.3 is 0 Å². The van der Waals surface area contributed by atoms with E-state index in [9.17, 15) is 0 Å². The van der Waals surface area contributed by atoms with Gasteiger partial charge in [-0.3, -0.25) is 4.98 Å². The third kappa shape index (κ3) is 2.24. The van der Waals surface area contributed by atoms with Crippen molar-refractivity contribution in [3.05, 3.63) is 52.5 Å². The van der Waals surface area contributed by atoms with E-state index < -0.39 is 0 Å². The van der Waals surface area contributed by atoms with Gasteiger partial charge in [0.25, 0.3) is 0 Å². The van der Waals surface area contributed by atoms with Gasteiger partial charge in [0, 0.05) is 17.6 Å². The van der Waals surface area contributed by atoms with Gasteiger partial charge in [0.1, 0.15) is 0 Å². The average molecular weight is 289 g/mol. The highest BCUT2D eigenvalue weighted by Crippen LogP contribution is 2.39. The normalized spacial score (nSPS) is 22.6. The van der Waals surface area contributed by atoms with Crippen molar-refractivity contribution >= 4 is 28.7 Å². The number of thiophene rings is 1. The molecule has 2 aromatic heterocycles. The number of rotatable bonds is 3. The number of hydrogen-bond acceptors (Lipinski definition) is 3. The zero-order valence-electron chi connectivity index (χ0n) is 10.6. The number of nitrogens with zero attached hydrogens (tertiary/aromatic N) is 2. The molecule has 1 saturated heterocycles. The minimum Gasteiger partial charge on any atom is -0.352 e. The highest BCUT2D eigenvalue weighted by Gasteiger charge is 2.39. The van der Waals surface area contributed by atoms with Crippen molar-refractivity contribution < 1.29 is 0 Å². The Bertz CT molecular complexity index is 553. The summed E-state index contributed by atoms with van der Waals surface area (Å²) in [7, 11) is 0. The lowest BCUT2D eigenvalue weighted by Crippen LogP contribution is -2.28. The first kappa shape index (κ1) is 12.6. The van der Waals surface area contributed by atoms with Crippen LogP contribution in [0.3, 0.4) is 0 Å². The molecule has 0 bridgehead atoms. The Hall–Kier alpha value is -1.46. The Kier molecular flexibility index (Phi) is 3.48. The molecule has 3 heterocycles. The van der Waals surface area contributed by atoms with E-state index in [4.69, 9.17) is 12.2 Å². The first-order chi connectivity index (χ1) is 9.31. The lowest BCUT2D eigenvalue weighted by Gasteiger charge is -2.25. The highest BCUT2D eigenvalue weighted by atomic mass is 32.1. The number of hydrogen-bond donors (Lipinski definition) is 1. The van der Waals surface area contributed by atoms with E-state index >= 15 is 0 Å². The Balaban J connectivity index is 2.01. The Morgan fingerprint density at radius 1 is 1.37 bits per heavy atom. The molecule has 19 heavy (non-hydrogen) atoms. The summed E-state index contributed by atoms with van der Waals surface area (Å²) in [5, 5.41) is 6.34. The van der Waals surface area contributed by atoms with Crippen LogP contribution in [0, 0.1) is 0 Å². The lowest BCUT2D eigenvalue weighted by atomic mass is 10.0. The van der Waals surface area contributed by atoms with Gasteiger partial charge in [0.15, 0.2) is 5.11 Å². The standard InChI is InChI=1S/C14H15N3S2/c1-2-17-13(11-7-5-9-19-11)12(16-14(17)18)10-6-3-4-8-15-10/h3-9,12-13H,2H2,1H3,(H,16,18)/t12-,13-/m0/s1. The number of aromatic nitrogens is 1. The largest absolute Gasteiger partial charge is 0.352 e. The maximum Gasteiger partial charge on any atom is 0.170 e. The van der Waals surface area contributed by atoms with E-state index in [1.165, 1.54) is 4.88 Å². The summed E-state index contributed by atoms with van der Waals surface area (Å²) in [5.41, 5.74) is 1.04. The number of likely N-dealkylation sites (N-methyl/N-ethyl adjacent to an activating group) is 1. The molecule has 98 valence electrons. The first-order valence-corrected chi connectivity index (χ1v) is 7.61.